The van der Waals surface area contributed by atoms with Crippen LogP contribution in [0.15, 0.2) is 64.2 Å². The van der Waals surface area contributed by atoms with Gasteiger partial charge in [-0.1, -0.05) is 47.6 Å². The number of aromatic nitrogens is 2. The van der Waals surface area contributed by atoms with Crippen molar-refractivity contribution in [1.29, 1.82) is 0 Å². The van der Waals surface area contributed by atoms with E-state index in [2.05, 4.69) is 10.2 Å². The van der Waals surface area contributed by atoms with Crippen molar-refractivity contribution >= 4 is 33.5 Å². The number of benzene rings is 2. The molecule has 1 heterocycles. The minimum absolute atomic E-state index is 0.179. The highest BCUT2D eigenvalue weighted by atomic mass is 35.5. The van der Waals surface area contributed by atoms with Crippen molar-refractivity contribution in [2.45, 2.75) is 5.22 Å². The lowest BCUT2D eigenvalue weighted by atomic mass is 10.2. The van der Waals surface area contributed by atoms with Gasteiger partial charge in [-0.25, -0.2) is 0 Å². The van der Waals surface area contributed by atoms with Crippen LogP contribution in [0.5, 0.6) is 5.75 Å². The maximum atomic E-state index is 11.9. The first-order valence-electron chi connectivity index (χ1n) is 7.21. The van der Waals surface area contributed by atoms with Gasteiger partial charge < -0.3 is 8.60 Å². The first-order valence-corrected chi connectivity index (χ1v) is 10.2. The molecular formula is C16H13ClN2O4S2. The molecule has 0 aliphatic carbocycles. The Balaban J connectivity index is 1.56. The maximum Gasteiger partial charge on any atom is 0.310 e. The van der Waals surface area contributed by atoms with Gasteiger partial charge in [0.05, 0.1) is 5.75 Å². The van der Waals surface area contributed by atoms with Crippen molar-refractivity contribution in [2.24, 2.45) is 0 Å². The van der Waals surface area contributed by atoms with Gasteiger partial charge in [-0.15, -0.1) is 10.2 Å². The molecule has 0 N–H and O–H groups in total. The third-order valence-electron chi connectivity index (χ3n) is 3.00. The van der Waals surface area contributed by atoms with Crippen LogP contribution in [-0.4, -0.2) is 30.1 Å². The van der Waals surface area contributed by atoms with Gasteiger partial charge in [0, 0.05) is 16.3 Å². The van der Waals surface area contributed by atoms with Crippen LogP contribution in [0.2, 0.25) is 5.02 Å². The fraction of sp³-hybridized carbons (Fsp3) is 0.125. The summed E-state index contributed by atoms with van der Waals surface area (Å²) in [6.45, 7) is 0. The highest BCUT2D eigenvalue weighted by Crippen LogP contribution is 2.25. The van der Waals surface area contributed by atoms with Crippen molar-refractivity contribution in [3.8, 4) is 17.2 Å². The smallest absolute Gasteiger partial charge is 0.310 e. The normalized spacial score (nSPS) is 11.4. The summed E-state index contributed by atoms with van der Waals surface area (Å²) in [5.74, 6) is 0.662. The Bertz CT molecular complexity index is 946. The Morgan fingerprint density at radius 1 is 1.08 bits per heavy atom. The van der Waals surface area contributed by atoms with Gasteiger partial charge in [0.2, 0.25) is 5.89 Å². The molecule has 0 saturated heterocycles. The molecule has 0 aliphatic rings. The first kappa shape index (κ1) is 17.8. The van der Waals surface area contributed by atoms with E-state index in [0.717, 1.165) is 11.8 Å². The third kappa shape index (κ3) is 5.22. The third-order valence-corrected chi connectivity index (χ3v) is 5.47. The number of halogens is 1. The summed E-state index contributed by atoms with van der Waals surface area (Å²) in [7, 11) is -3.68. The fourth-order valence-electron chi connectivity index (χ4n) is 1.90. The van der Waals surface area contributed by atoms with Crippen LogP contribution in [0, 0.1) is 0 Å². The molecule has 3 rings (SSSR count). The van der Waals surface area contributed by atoms with E-state index < -0.39 is 10.1 Å². The number of hydrogen-bond donors (Lipinski definition) is 0. The number of nitrogens with zero attached hydrogens (tertiary/aromatic N) is 2. The van der Waals surface area contributed by atoms with Gasteiger partial charge in [0.1, 0.15) is 5.75 Å². The quantitative estimate of drug-likeness (QED) is 0.442. The zero-order chi connectivity index (χ0) is 17.7. The minimum atomic E-state index is -3.68. The molecule has 0 amide bonds. The second-order valence-corrected chi connectivity index (χ2v) is 8.06. The van der Waals surface area contributed by atoms with Gasteiger partial charge in [0.25, 0.3) is 5.22 Å². The Morgan fingerprint density at radius 3 is 2.64 bits per heavy atom. The highest BCUT2D eigenvalue weighted by molar-refractivity contribution is 8.00. The summed E-state index contributed by atoms with van der Waals surface area (Å²) in [5.41, 5.74) is 0.701. The molecule has 3 aromatic rings. The van der Waals surface area contributed by atoms with E-state index in [1.165, 1.54) is 0 Å². The summed E-state index contributed by atoms with van der Waals surface area (Å²) in [4.78, 5) is 0. The molecule has 6 nitrogen and oxygen atoms in total. The van der Waals surface area contributed by atoms with Gasteiger partial charge >= 0.3 is 10.1 Å². The van der Waals surface area contributed by atoms with Crippen LogP contribution in [0.3, 0.4) is 0 Å². The van der Waals surface area contributed by atoms with E-state index in [4.69, 9.17) is 20.2 Å². The van der Waals surface area contributed by atoms with E-state index in [0.29, 0.717) is 16.5 Å². The maximum absolute atomic E-state index is 11.9. The molecule has 2 aromatic carbocycles. The molecule has 25 heavy (non-hydrogen) atoms. The second-order valence-electron chi connectivity index (χ2n) is 4.89. The number of thioether (sulfide) groups is 1. The fourth-order valence-corrected chi connectivity index (χ4v) is 4.14. The summed E-state index contributed by atoms with van der Waals surface area (Å²) in [6, 6.07) is 15.4. The lowest BCUT2D eigenvalue weighted by Crippen LogP contribution is -2.15. The average molecular weight is 397 g/mol. The minimum Gasteiger partial charge on any atom is -0.411 e. The van der Waals surface area contributed by atoms with Crippen molar-refractivity contribution in [3.63, 3.8) is 0 Å². The monoisotopic (exact) mass is 396 g/mol. The molecule has 0 atom stereocenters. The summed E-state index contributed by atoms with van der Waals surface area (Å²) >= 11 is 7.07. The van der Waals surface area contributed by atoms with Crippen molar-refractivity contribution in [1.82, 2.24) is 10.2 Å². The van der Waals surface area contributed by atoms with E-state index in [1.807, 2.05) is 0 Å². The molecule has 1 aromatic heterocycles. The highest BCUT2D eigenvalue weighted by Gasteiger charge is 2.15. The molecule has 0 bridgehead atoms. The van der Waals surface area contributed by atoms with E-state index >= 15 is 0 Å². The topological polar surface area (TPSA) is 82.3 Å². The van der Waals surface area contributed by atoms with Gasteiger partial charge in [-0.2, -0.15) is 8.42 Å². The van der Waals surface area contributed by atoms with Gasteiger partial charge in [-0.3, -0.25) is 0 Å². The summed E-state index contributed by atoms with van der Waals surface area (Å²) in [6.07, 6.45) is 0. The Morgan fingerprint density at radius 2 is 1.88 bits per heavy atom. The Kier molecular flexibility index (Phi) is 5.62. The molecule has 0 radical (unpaired) electrons. The predicted molar refractivity (Wildman–Crippen MR) is 96.3 cm³/mol. The number of para-hydroxylation sites is 1. The molecule has 130 valence electrons. The number of hydrogen-bond acceptors (Lipinski definition) is 7. The summed E-state index contributed by atoms with van der Waals surface area (Å²) < 4.78 is 34.4. The van der Waals surface area contributed by atoms with Crippen LogP contribution in [-0.2, 0) is 10.1 Å². The molecule has 0 unspecified atom stereocenters. The van der Waals surface area contributed by atoms with E-state index in [-0.39, 0.29) is 22.5 Å². The zero-order valence-electron chi connectivity index (χ0n) is 12.8. The van der Waals surface area contributed by atoms with Crippen molar-refractivity contribution < 1.29 is 17.0 Å². The molecule has 0 saturated carbocycles. The standard InChI is InChI=1S/C16H13ClN2O4S2/c17-13-6-4-5-12(11-13)15-18-19-16(22-15)24-9-10-25(20,21)23-14-7-2-1-3-8-14/h1-8,11H,9-10H2. The lowest BCUT2D eigenvalue weighted by Gasteiger charge is -2.05. The van der Waals surface area contributed by atoms with Gasteiger partial charge in [-0.05, 0) is 30.3 Å². The summed E-state index contributed by atoms with van der Waals surface area (Å²) in [5, 5.41) is 8.67. The molecule has 0 fully saturated rings. The van der Waals surface area contributed by atoms with Crippen LogP contribution in [0.1, 0.15) is 0 Å². The molecule has 0 spiro atoms. The molecular weight excluding hydrogens is 384 g/mol. The van der Waals surface area contributed by atoms with Crippen molar-refractivity contribution in [2.75, 3.05) is 11.5 Å². The number of rotatable bonds is 7. The predicted octanol–water partition coefficient (Wildman–Crippen LogP) is 3.89. The first-order chi connectivity index (χ1) is 12.0. The van der Waals surface area contributed by atoms with Crippen LogP contribution in [0.4, 0.5) is 0 Å². The molecule has 0 aliphatic heterocycles. The van der Waals surface area contributed by atoms with Crippen LogP contribution >= 0.6 is 23.4 Å². The van der Waals surface area contributed by atoms with Crippen molar-refractivity contribution in [3.05, 3.63) is 59.6 Å². The van der Waals surface area contributed by atoms with Crippen LogP contribution < -0.4 is 4.18 Å². The van der Waals surface area contributed by atoms with Crippen LogP contribution in [0.25, 0.3) is 11.5 Å². The Hall–Kier alpha value is -2.03. The SMILES string of the molecule is O=S(=O)(CCSc1nnc(-c2cccc(Cl)c2)o1)Oc1ccccc1. The zero-order valence-corrected chi connectivity index (χ0v) is 15.2. The molecule has 9 heteroatoms. The lowest BCUT2D eigenvalue weighted by molar-refractivity contribution is 0.466. The van der Waals surface area contributed by atoms with E-state index in [9.17, 15) is 8.42 Å². The van der Waals surface area contributed by atoms with E-state index in [1.54, 1.807) is 54.6 Å². The average Bonchev–Trinajstić information content (AvgIpc) is 3.04. The van der Waals surface area contributed by atoms with Gasteiger partial charge in [0.15, 0.2) is 0 Å². The second kappa shape index (κ2) is 7.90. The Labute approximate surface area is 154 Å². The largest absolute Gasteiger partial charge is 0.411 e.